The molecule has 1 fully saturated rings. The third kappa shape index (κ3) is 3.20. The van der Waals surface area contributed by atoms with Crippen LogP contribution in [0.15, 0.2) is 30.5 Å². The molecule has 4 nitrogen and oxygen atoms in total. The SMILES string of the molecule is Cc1c([C@@H](C)NC2CCOCC2)cnn1-c1cccc(F)c1. The van der Waals surface area contributed by atoms with Crippen LogP contribution in [0.25, 0.3) is 5.69 Å². The molecular weight excluding hydrogens is 281 g/mol. The predicted octanol–water partition coefficient (Wildman–Crippen LogP) is 3.15. The number of ether oxygens (including phenoxy) is 1. The molecule has 0 spiro atoms. The van der Waals surface area contributed by atoms with E-state index in [4.69, 9.17) is 4.74 Å². The van der Waals surface area contributed by atoms with Crippen LogP contribution in [0.1, 0.15) is 37.1 Å². The Morgan fingerprint density at radius 2 is 2.14 bits per heavy atom. The normalized spacial score (nSPS) is 17.6. The summed E-state index contributed by atoms with van der Waals surface area (Å²) in [6, 6.07) is 7.21. The number of nitrogens with one attached hydrogen (secondary N) is 1. The summed E-state index contributed by atoms with van der Waals surface area (Å²) in [5.74, 6) is -0.248. The van der Waals surface area contributed by atoms with Crippen molar-refractivity contribution in [2.24, 2.45) is 0 Å². The van der Waals surface area contributed by atoms with E-state index in [2.05, 4.69) is 17.3 Å². The van der Waals surface area contributed by atoms with E-state index < -0.39 is 0 Å². The molecule has 118 valence electrons. The van der Waals surface area contributed by atoms with Gasteiger partial charge in [0.05, 0.1) is 11.9 Å². The molecule has 22 heavy (non-hydrogen) atoms. The summed E-state index contributed by atoms with van der Waals surface area (Å²) in [5.41, 5.74) is 2.94. The summed E-state index contributed by atoms with van der Waals surface area (Å²) < 4.78 is 20.6. The molecule has 2 heterocycles. The lowest BCUT2D eigenvalue weighted by Gasteiger charge is -2.26. The van der Waals surface area contributed by atoms with E-state index in [0.29, 0.717) is 6.04 Å². The third-order valence-electron chi connectivity index (χ3n) is 4.27. The maximum Gasteiger partial charge on any atom is 0.125 e. The molecule has 0 aliphatic carbocycles. The van der Waals surface area contributed by atoms with Crippen molar-refractivity contribution >= 4 is 0 Å². The molecule has 0 amide bonds. The minimum atomic E-state index is -0.248. The Kier molecular flexibility index (Phi) is 4.55. The number of hydrogen-bond donors (Lipinski definition) is 1. The van der Waals surface area contributed by atoms with Gasteiger partial charge >= 0.3 is 0 Å². The fourth-order valence-electron chi connectivity index (χ4n) is 3.02. The second-order valence-corrected chi connectivity index (χ2v) is 5.85. The average Bonchev–Trinajstić information content (AvgIpc) is 2.90. The van der Waals surface area contributed by atoms with Gasteiger partial charge in [-0.1, -0.05) is 6.07 Å². The van der Waals surface area contributed by atoms with E-state index in [1.165, 1.54) is 12.1 Å². The van der Waals surface area contributed by atoms with Gasteiger partial charge in [-0.25, -0.2) is 9.07 Å². The second-order valence-electron chi connectivity index (χ2n) is 5.85. The molecule has 1 aromatic heterocycles. The Balaban J connectivity index is 1.77. The number of aromatic nitrogens is 2. The lowest BCUT2D eigenvalue weighted by Crippen LogP contribution is -2.36. The average molecular weight is 303 g/mol. The van der Waals surface area contributed by atoms with E-state index in [9.17, 15) is 4.39 Å². The maximum atomic E-state index is 13.4. The highest BCUT2D eigenvalue weighted by Gasteiger charge is 2.19. The smallest absolute Gasteiger partial charge is 0.125 e. The van der Waals surface area contributed by atoms with Gasteiger partial charge in [0.1, 0.15) is 5.82 Å². The van der Waals surface area contributed by atoms with Gasteiger partial charge in [-0.05, 0) is 44.9 Å². The summed E-state index contributed by atoms with van der Waals surface area (Å²) >= 11 is 0. The molecule has 1 atom stereocenters. The molecule has 0 radical (unpaired) electrons. The van der Waals surface area contributed by atoms with Gasteiger partial charge in [0, 0.05) is 36.6 Å². The Bertz CT molecular complexity index is 635. The van der Waals surface area contributed by atoms with Crippen molar-refractivity contribution in [3.05, 3.63) is 47.5 Å². The van der Waals surface area contributed by atoms with E-state index in [0.717, 1.165) is 43.0 Å². The molecule has 1 aliphatic rings. The molecule has 1 aromatic carbocycles. The summed E-state index contributed by atoms with van der Waals surface area (Å²) in [6.07, 6.45) is 3.96. The topological polar surface area (TPSA) is 39.1 Å². The lowest BCUT2D eigenvalue weighted by molar-refractivity contribution is 0.0754. The van der Waals surface area contributed by atoms with Crippen LogP contribution in [0.3, 0.4) is 0 Å². The Hall–Kier alpha value is -1.72. The van der Waals surface area contributed by atoms with Gasteiger partial charge in [0.15, 0.2) is 0 Å². The highest BCUT2D eigenvalue weighted by atomic mass is 19.1. The molecule has 0 unspecified atom stereocenters. The summed E-state index contributed by atoms with van der Waals surface area (Å²) in [7, 11) is 0. The highest BCUT2D eigenvalue weighted by molar-refractivity contribution is 5.35. The van der Waals surface area contributed by atoms with Gasteiger partial charge in [0.25, 0.3) is 0 Å². The van der Waals surface area contributed by atoms with Crippen molar-refractivity contribution in [1.29, 1.82) is 0 Å². The Morgan fingerprint density at radius 1 is 1.36 bits per heavy atom. The zero-order chi connectivity index (χ0) is 15.5. The molecule has 0 bridgehead atoms. The molecule has 1 saturated heterocycles. The fourth-order valence-corrected chi connectivity index (χ4v) is 3.02. The van der Waals surface area contributed by atoms with Crippen molar-refractivity contribution in [2.45, 2.75) is 38.8 Å². The summed E-state index contributed by atoms with van der Waals surface area (Å²) in [6.45, 7) is 5.82. The molecule has 5 heteroatoms. The first kappa shape index (κ1) is 15.2. The van der Waals surface area contributed by atoms with Crippen molar-refractivity contribution in [2.75, 3.05) is 13.2 Å². The zero-order valence-electron chi connectivity index (χ0n) is 13.1. The first-order valence-electron chi connectivity index (χ1n) is 7.79. The molecular formula is C17H22FN3O. The molecule has 0 saturated carbocycles. The predicted molar refractivity (Wildman–Crippen MR) is 83.7 cm³/mol. The lowest BCUT2D eigenvalue weighted by atomic mass is 10.0. The van der Waals surface area contributed by atoms with E-state index in [1.54, 1.807) is 10.7 Å². The van der Waals surface area contributed by atoms with Gasteiger partial charge in [-0.15, -0.1) is 0 Å². The number of rotatable bonds is 4. The largest absolute Gasteiger partial charge is 0.381 e. The first-order chi connectivity index (χ1) is 10.6. The number of nitrogens with zero attached hydrogens (tertiary/aromatic N) is 2. The second kappa shape index (κ2) is 6.58. The Labute approximate surface area is 130 Å². The van der Waals surface area contributed by atoms with E-state index >= 15 is 0 Å². The summed E-state index contributed by atoms with van der Waals surface area (Å²) in [4.78, 5) is 0. The molecule has 1 aliphatic heterocycles. The van der Waals surface area contributed by atoms with Gasteiger partial charge in [-0.2, -0.15) is 5.10 Å². The summed E-state index contributed by atoms with van der Waals surface area (Å²) in [5, 5.41) is 8.07. The van der Waals surface area contributed by atoms with E-state index in [1.807, 2.05) is 19.2 Å². The van der Waals surface area contributed by atoms with Gasteiger partial charge in [-0.3, -0.25) is 0 Å². The number of hydrogen-bond acceptors (Lipinski definition) is 3. The third-order valence-corrected chi connectivity index (χ3v) is 4.27. The molecule has 1 N–H and O–H groups in total. The van der Waals surface area contributed by atoms with Crippen LogP contribution in [0, 0.1) is 12.7 Å². The molecule has 3 rings (SSSR count). The highest BCUT2D eigenvalue weighted by Crippen LogP contribution is 2.22. The minimum Gasteiger partial charge on any atom is -0.381 e. The Morgan fingerprint density at radius 3 is 2.86 bits per heavy atom. The zero-order valence-corrected chi connectivity index (χ0v) is 13.1. The van der Waals surface area contributed by atoms with Crippen molar-refractivity contribution in [3.8, 4) is 5.69 Å². The van der Waals surface area contributed by atoms with Crippen LogP contribution >= 0.6 is 0 Å². The monoisotopic (exact) mass is 303 g/mol. The van der Waals surface area contributed by atoms with Crippen LogP contribution in [-0.4, -0.2) is 29.0 Å². The number of benzene rings is 1. The van der Waals surface area contributed by atoms with Crippen LogP contribution < -0.4 is 5.32 Å². The molecule has 2 aromatic rings. The van der Waals surface area contributed by atoms with Crippen molar-refractivity contribution < 1.29 is 9.13 Å². The minimum absolute atomic E-state index is 0.213. The van der Waals surface area contributed by atoms with Crippen molar-refractivity contribution in [1.82, 2.24) is 15.1 Å². The first-order valence-corrected chi connectivity index (χ1v) is 7.79. The number of halogens is 1. The van der Waals surface area contributed by atoms with Crippen LogP contribution in [0.2, 0.25) is 0 Å². The maximum absolute atomic E-state index is 13.4. The van der Waals surface area contributed by atoms with Gasteiger partial charge < -0.3 is 10.1 Å². The van der Waals surface area contributed by atoms with Crippen molar-refractivity contribution in [3.63, 3.8) is 0 Å². The fraction of sp³-hybridized carbons (Fsp3) is 0.471. The van der Waals surface area contributed by atoms with E-state index in [-0.39, 0.29) is 11.9 Å². The standard InChI is InChI=1S/C17H22FN3O/c1-12(20-15-6-8-22-9-7-15)17-11-19-21(13(17)2)16-5-3-4-14(18)10-16/h3-5,10-12,15,20H,6-9H2,1-2H3/t12-/m1/s1. The van der Waals surface area contributed by atoms with Gasteiger partial charge in [0.2, 0.25) is 0 Å². The van der Waals surface area contributed by atoms with Crippen LogP contribution in [0.4, 0.5) is 4.39 Å². The van der Waals surface area contributed by atoms with Crippen LogP contribution in [-0.2, 0) is 4.74 Å². The quantitative estimate of drug-likeness (QED) is 0.943. The van der Waals surface area contributed by atoms with Crippen LogP contribution in [0.5, 0.6) is 0 Å².